The molecule has 0 spiro atoms. The first-order chi connectivity index (χ1) is 18.4. The number of rotatable bonds is 8. The van der Waals surface area contributed by atoms with Gasteiger partial charge in [-0.1, -0.05) is 113 Å². The molecule has 1 amide bonds. The third-order valence-corrected chi connectivity index (χ3v) is 8.35. The molecule has 2 heterocycles. The number of hydrogen-bond acceptors (Lipinski definition) is 7. The Kier molecular flexibility index (Phi) is 7.74. The lowest BCUT2D eigenvalue weighted by Gasteiger charge is -2.23. The van der Waals surface area contributed by atoms with Crippen LogP contribution in [-0.2, 0) is 15.3 Å². The van der Waals surface area contributed by atoms with E-state index in [4.69, 9.17) is 11.6 Å². The van der Waals surface area contributed by atoms with Gasteiger partial charge in [0.1, 0.15) is 0 Å². The van der Waals surface area contributed by atoms with Crippen molar-refractivity contribution in [1.29, 1.82) is 0 Å². The maximum absolute atomic E-state index is 13.3. The highest BCUT2D eigenvalue weighted by molar-refractivity contribution is 8.00. The summed E-state index contributed by atoms with van der Waals surface area (Å²) in [5.41, 5.74) is 3.76. The molecular weight excluding hydrogens is 538 g/mol. The zero-order valence-electron chi connectivity index (χ0n) is 20.2. The van der Waals surface area contributed by atoms with Gasteiger partial charge in [0, 0.05) is 10.8 Å². The highest BCUT2D eigenvalue weighted by atomic mass is 35.5. The first-order valence-corrected chi connectivity index (χ1v) is 13.9. The fraction of sp³-hybridized carbons (Fsp3) is 0.103. The summed E-state index contributed by atoms with van der Waals surface area (Å²) in [6, 6.07) is 23.5. The molecule has 1 unspecified atom stereocenters. The normalized spacial score (nSPS) is 15.6. The number of allylic oxidation sites excluding steroid dienone is 1. The Morgan fingerprint density at radius 1 is 1.05 bits per heavy atom. The number of halogens is 1. The predicted molar refractivity (Wildman–Crippen MR) is 152 cm³/mol. The van der Waals surface area contributed by atoms with Crippen molar-refractivity contribution in [2.45, 2.75) is 23.1 Å². The molecule has 0 aliphatic carbocycles. The van der Waals surface area contributed by atoms with Crippen LogP contribution in [0.15, 0.2) is 101 Å². The number of amides is 1. The number of anilines is 1. The molecule has 9 heteroatoms. The van der Waals surface area contributed by atoms with Crippen molar-refractivity contribution >= 4 is 57.6 Å². The van der Waals surface area contributed by atoms with Crippen LogP contribution in [0, 0.1) is 6.92 Å². The van der Waals surface area contributed by atoms with Gasteiger partial charge in [-0.2, -0.15) is 0 Å². The molecule has 6 nitrogen and oxygen atoms in total. The Labute approximate surface area is 233 Å². The zero-order chi connectivity index (χ0) is 26.6. The van der Waals surface area contributed by atoms with Gasteiger partial charge in [-0.05, 0) is 41.8 Å². The summed E-state index contributed by atoms with van der Waals surface area (Å²) < 4.78 is 0.673. The predicted octanol–water partition coefficient (Wildman–Crippen LogP) is 6.97. The van der Waals surface area contributed by atoms with Gasteiger partial charge >= 0.3 is 0 Å². The molecule has 0 saturated carbocycles. The van der Waals surface area contributed by atoms with Gasteiger partial charge in [-0.25, -0.2) is 0 Å². The Balaban J connectivity index is 1.45. The molecule has 5 rings (SSSR count). The monoisotopic (exact) mass is 559 g/mol. The van der Waals surface area contributed by atoms with Crippen molar-refractivity contribution in [2.24, 2.45) is 0 Å². The van der Waals surface area contributed by atoms with Crippen molar-refractivity contribution in [1.82, 2.24) is 10.2 Å². The minimum absolute atomic E-state index is 0.0198. The van der Waals surface area contributed by atoms with Gasteiger partial charge in [0.2, 0.25) is 5.13 Å². The van der Waals surface area contributed by atoms with Crippen LogP contribution < -0.4 is 4.90 Å². The Morgan fingerprint density at radius 3 is 2.47 bits per heavy atom. The van der Waals surface area contributed by atoms with Gasteiger partial charge in [-0.15, -0.1) is 10.2 Å². The van der Waals surface area contributed by atoms with E-state index in [0.29, 0.717) is 25.8 Å². The van der Waals surface area contributed by atoms with Crippen LogP contribution in [0.5, 0.6) is 0 Å². The van der Waals surface area contributed by atoms with Gasteiger partial charge in [-0.3, -0.25) is 14.5 Å². The van der Waals surface area contributed by atoms with Crippen LogP contribution in [0.25, 0.3) is 6.08 Å². The van der Waals surface area contributed by atoms with E-state index < -0.39 is 23.5 Å². The van der Waals surface area contributed by atoms with Crippen LogP contribution >= 0.6 is 34.7 Å². The number of carbonyl (C=O) groups is 2. The van der Waals surface area contributed by atoms with Crippen molar-refractivity contribution in [3.8, 4) is 0 Å². The first kappa shape index (κ1) is 25.9. The lowest BCUT2D eigenvalue weighted by atomic mass is 9.96. The van der Waals surface area contributed by atoms with Crippen LogP contribution in [0.4, 0.5) is 5.13 Å². The lowest BCUT2D eigenvalue weighted by molar-refractivity contribution is -0.117. The maximum atomic E-state index is 13.3. The van der Waals surface area contributed by atoms with E-state index in [-0.39, 0.29) is 5.57 Å². The molecule has 1 atom stereocenters. The molecule has 1 aliphatic rings. The molecule has 0 bridgehead atoms. The number of nitrogens with zero attached hydrogens (tertiary/aromatic N) is 3. The number of aliphatic hydroxyl groups excluding tert-OH is 1. The number of carbonyl (C=O) groups excluding carboxylic acids is 2. The highest BCUT2D eigenvalue weighted by Gasteiger charge is 2.45. The van der Waals surface area contributed by atoms with E-state index in [1.807, 2.05) is 37.3 Å². The number of benzene rings is 3. The standard InChI is InChI=1S/C29H22ClN3O3S2/c1-18-7-9-20(10-8-18)17-37-29-32-31-28(38-29)33-25(21-12-14-22(30)15-13-21)24(26(35)27(33)36)23(34)16-11-19-5-3-2-4-6-19/h2-16,25,35H,17H2,1H3. The summed E-state index contributed by atoms with van der Waals surface area (Å²) in [6.07, 6.45) is 3.02. The molecule has 0 saturated heterocycles. The van der Waals surface area contributed by atoms with Gasteiger partial charge < -0.3 is 5.11 Å². The van der Waals surface area contributed by atoms with Crippen molar-refractivity contribution < 1.29 is 14.7 Å². The van der Waals surface area contributed by atoms with E-state index in [1.54, 1.807) is 30.3 Å². The third kappa shape index (κ3) is 5.57. The molecule has 0 radical (unpaired) electrons. The molecule has 1 aliphatic heterocycles. The van der Waals surface area contributed by atoms with E-state index in [9.17, 15) is 14.7 Å². The van der Waals surface area contributed by atoms with Gasteiger partial charge in [0.05, 0.1) is 11.6 Å². The number of aliphatic hydroxyl groups is 1. The number of aromatic nitrogens is 2. The largest absolute Gasteiger partial charge is 0.503 e. The maximum Gasteiger partial charge on any atom is 0.296 e. The number of thioether (sulfide) groups is 1. The van der Waals surface area contributed by atoms with Gasteiger partial charge in [0.15, 0.2) is 15.9 Å². The minimum atomic E-state index is -0.879. The second-order valence-corrected chi connectivity index (χ2v) is 11.2. The summed E-state index contributed by atoms with van der Waals surface area (Å²) in [5, 5.41) is 20.2. The van der Waals surface area contributed by atoms with Crippen molar-refractivity contribution in [3.05, 3.63) is 124 Å². The molecule has 38 heavy (non-hydrogen) atoms. The number of hydrogen-bond donors (Lipinski definition) is 1. The van der Waals surface area contributed by atoms with Crippen LogP contribution in [0.2, 0.25) is 5.02 Å². The molecule has 4 aromatic rings. The molecule has 1 N–H and O–H groups in total. The average molecular weight is 560 g/mol. The average Bonchev–Trinajstić information content (AvgIpc) is 3.50. The summed E-state index contributed by atoms with van der Waals surface area (Å²) in [4.78, 5) is 28.0. The van der Waals surface area contributed by atoms with Crippen LogP contribution in [-0.4, -0.2) is 27.0 Å². The van der Waals surface area contributed by atoms with E-state index in [2.05, 4.69) is 34.5 Å². The van der Waals surface area contributed by atoms with Crippen LogP contribution in [0.1, 0.15) is 28.3 Å². The van der Waals surface area contributed by atoms with Crippen molar-refractivity contribution in [3.63, 3.8) is 0 Å². The highest BCUT2D eigenvalue weighted by Crippen LogP contribution is 2.43. The fourth-order valence-corrected chi connectivity index (χ4v) is 5.98. The minimum Gasteiger partial charge on any atom is -0.503 e. The topological polar surface area (TPSA) is 83.4 Å². The smallest absolute Gasteiger partial charge is 0.296 e. The Bertz CT molecular complexity index is 1530. The second kappa shape index (κ2) is 11.3. The first-order valence-electron chi connectivity index (χ1n) is 11.7. The van der Waals surface area contributed by atoms with Crippen LogP contribution in [0.3, 0.4) is 0 Å². The second-order valence-electron chi connectivity index (χ2n) is 8.62. The lowest BCUT2D eigenvalue weighted by Crippen LogP contribution is -2.30. The zero-order valence-corrected chi connectivity index (χ0v) is 22.6. The van der Waals surface area contributed by atoms with Crippen molar-refractivity contribution in [2.75, 3.05) is 4.90 Å². The number of ketones is 1. The Hall–Kier alpha value is -3.72. The molecule has 1 aromatic heterocycles. The fourth-order valence-electron chi connectivity index (χ4n) is 4.03. The molecule has 3 aromatic carbocycles. The summed E-state index contributed by atoms with van der Waals surface area (Å²) >= 11 is 8.84. The van der Waals surface area contributed by atoms with E-state index in [0.717, 1.165) is 11.1 Å². The SMILES string of the molecule is Cc1ccc(CSc2nnc(N3C(=O)C(O)=C(C(=O)C=Cc4ccccc4)C3c3ccc(Cl)cc3)s2)cc1. The van der Waals surface area contributed by atoms with Gasteiger partial charge in [0.25, 0.3) is 5.91 Å². The molecule has 0 fully saturated rings. The summed E-state index contributed by atoms with van der Waals surface area (Å²) in [5.74, 6) is -1.08. The number of aryl methyl sites for hydroxylation is 1. The molecular formula is C29H22ClN3O3S2. The summed E-state index contributed by atoms with van der Waals surface area (Å²) in [6.45, 7) is 2.04. The molecule has 190 valence electrons. The Morgan fingerprint density at radius 2 is 1.76 bits per heavy atom. The van der Waals surface area contributed by atoms with E-state index in [1.165, 1.54) is 39.6 Å². The quantitative estimate of drug-likeness (QED) is 0.142. The van der Waals surface area contributed by atoms with E-state index >= 15 is 0 Å². The third-order valence-electron chi connectivity index (χ3n) is 5.97. The summed E-state index contributed by atoms with van der Waals surface area (Å²) in [7, 11) is 0.